The molecule has 2 heterocycles. The molecule has 10 aromatic carbocycles. The lowest BCUT2D eigenvalue weighted by molar-refractivity contribution is 0.426. The maximum absolute atomic E-state index is 8.58. The van der Waals surface area contributed by atoms with Crippen LogP contribution >= 0.6 is 11.6 Å². The molecule has 0 saturated carbocycles. The highest BCUT2D eigenvalue weighted by Crippen LogP contribution is 2.54. The Morgan fingerprint density at radius 3 is 1.04 bits per heavy atom. The molecule has 4 nitrogen and oxygen atoms in total. The van der Waals surface area contributed by atoms with Gasteiger partial charge in [-0.1, -0.05) is 242 Å². The van der Waals surface area contributed by atoms with Crippen LogP contribution in [-0.2, 0) is 10.8 Å². The van der Waals surface area contributed by atoms with E-state index in [2.05, 4.69) is 250 Å². The smallest absolute Gasteiger partial charge is 0.423 e. The minimum Gasteiger partial charge on any atom is -0.423 e. The molecule has 0 fully saturated rings. The van der Waals surface area contributed by atoms with Crippen LogP contribution < -0.4 is 15.3 Å². The Labute approximate surface area is 444 Å². The fourth-order valence-electron chi connectivity index (χ4n) is 10.2. The summed E-state index contributed by atoms with van der Waals surface area (Å²) in [4.78, 5) is 4.76. The zero-order valence-corrected chi connectivity index (χ0v) is 41.7. The number of rotatable bonds is 6. The summed E-state index contributed by atoms with van der Waals surface area (Å²) in [6.07, 6.45) is 0. The zero-order valence-electron chi connectivity index (χ0n) is 41.0. The normalized spacial score (nSPS) is 13.0. The Morgan fingerprint density at radius 2 is 0.635 bits per heavy atom. The molecule has 0 aliphatic carbocycles. The van der Waals surface area contributed by atoms with Gasteiger partial charge in [0.25, 0.3) is 0 Å². The molecule has 2 aliphatic heterocycles. The van der Waals surface area contributed by atoms with Crippen LogP contribution in [0.5, 0.6) is 0 Å². The topological polar surface area (TPSA) is 46.9 Å². The summed E-state index contributed by atoms with van der Waals surface area (Å²) in [5.74, 6) is 0. The molecule has 74 heavy (non-hydrogen) atoms. The van der Waals surface area contributed by atoms with Crippen molar-refractivity contribution in [3.8, 4) is 33.4 Å². The van der Waals surface area contributed by atoms with Gasteiger partial charge in [0.1, 0.15) is 0 Å². The minimum absolute atomic E-state index is 0. The second-order valence-corrected chi connectivity index (χ2v) is 19.8. The Morgan fingerprint density at radius 1 is 0.324 bits per heavy atom. The van der Waals surface area contributed by atoms with E-state index in [0.717, 1.165) is 10.7 Å². The van der Waals surface area contributed by atoms with Crippen LogP contribution in [-0.4, -0.2) is 17.2 Å². The first-order valence-electron chi connectivity index (χ1n) is 24.5. The van der Waals surface area contributed by atoms with Crippen LogP contribution in [0.3, 0.4) is 0 Å². The first-order chi connectivity index (χ1) is 35.0. The molecular weight excluding hydrogens is 923 g/mol. The predicted molar refractivity (Wildman–Crippen MR) is 318 cm³/mol. The van der Waals surface area contributed by atoms with Crippen molar-refractivity contribution in [2.24, 2.45) is 0 Å². The maximum Gasteiger partial charge on any atom is 0.488 e. The molecule has 10 aromatic rings. The van der Waals surface area contributed by atoms with Crippen molar-refractivity contribution >= 4 is 58.3 Å². The third kappa shape index (κ3) is 10.5. The molecular formula is C68H64BClN2O2. The van der Waals surface area contributed by atoms with Gasteiger partial charge in [-0.2, -0.15) is 0 Å². The number of anilines is 6. The maximum atomic E-state index is 8.58. The van der Waals surface area contributed by atoms with E-state index in [4.69, 9.17) is 21.6 Å². The lowest BCUT2D eigenvalue weighted by Crippen LogP contribution is -2.30. The van der Waals surface area contributed by atoms with Crippen molar-refractivity contribution < 1.29 is 10.0 Å². The van der Waals surface area contributed by atoms with Gasteiger partial charge in [-0.25, -0.2) is 0 Å². The van der Waals surface area contributed by atoms with E-state index in [0.29, 0.717) is 5.46 Å². The van der Waals surface area contributed by atoms with Gasteiger partial charge in [-0.3, -0.25) is 0 Å². The molecule has 2 aliphatic rings. The molecule has 368 valence electrons. The number of fused-ring (bicyclic) bond motifs is 4. The van der Waals surface area contributed by atoms with Gasteiger partial charge < -0.3 is 19.8 Å². The standard InChI is InChI=1S/C33H27N.C27H22ClN.C6H7BO2.2CH4/c1-33(2)29-15-9-10-16-31(29)34(28-20-17-26(18-21-28)24-11-5-3-6-12-24)32-22-19-27(23-30(32)33)25-13-7-4-8-14-25;1-27(2)23-10-6-7-11-25(23)29(26-17-14-21(28)18-24(26)27)22-15-12-20(13-16-22)19-8-4-3-5-9-19;8-7(9)6-4-2-1-3-5-6;;/h3-23H,1-2H3;3-18H,1-2H3;1-5,8-9H;2*1H4. The molecule has 0 amide bonds. The second kappa shape index (κ2) is 22.5. The van der Waals surface area contributed by atoms with Crippen molar-refractivity contribution in [2.45, 2.75) is 53.4 Å². The molecule has 0 unspecified atom stereocenters. The van der Waals surface area contributed by atoms with E-state index in [-0.39, 0.29) is 25.7 Å². The fourth-order valence-corrected chi connectivity index (χ4v) is 10.4. The zero-order chi connectivity index (χ0) is 49.8. The van der Waals surface area contributed by atoms with Gasteiger partial charge in [0.05, 0.1) is 22.7 Å². The molecule has 0 aromatic heterocycles. The van der Waals surface area contributed by atoms with Crippen LogP contribution in [0.25, 0.3) is 33.4 Å². The highest BCUT2D eigenvalue weighted by molar-refractivity contribution is 6.58. The number of hydrogen-bond acceptors (Lipinski definition) is 4. The molecule has 12 rings (SSSR count). The van der Waals surface area contributed by atoms with Crippen molar-refractivity contribution in [1.82, 2.24) is 0 Å². The van der Waals surface area contributed by atoms with E-state index >= 15 is 0 Å². The van der Waals surface area contributed by atoms with E-state index < -0.39 is 7.12 Å². The third-order valence-corrected chi connectivity index (χ3v) is 14.3. The fraction of sp³-hybridized carbons (Fsp3) is 0.118. The lowest BCUT2D eigenvalue weighted by Gasteiger charge is -2.42. The average molecular weight is 988 g/mol. The molecule has 0 bridgehead atoms. The Balaban J connectivity index is 0.000000166. The number of nitrogens with zero attached hydrogens (tertiary/aromatic N) is 2. The molecule has 0 atom stereocenters. The van der Waals surface area contributed by atoms with Crippen molar-refractivity contribution in [1.29, 1.82) is 0 Å². The average Bonchev–Trinajstić information content (AvgIpc) is 3.43. The highest BCUT2D eigenvalue weighted by atomic mass is 35.5. The minimum atomic E-state index is -1.34. The first kappa shape index (κ1) is 52.4. The number of halogens is 1. The number of para-hydroxylation sites is 2. The quantitative estimate of drug-likeness (QED) is 0.163. The van der Waals surface area contributed by atoms with Gasteiger partial charge >= 0.3 is 7.12 Å². The van der Waals surface area contributed by atoms with Crippen molar-refractivity contribution in [3.63, 3.8) is 0 Å². The van der Waals surface area contributed by atoms with E-state index in [1.54, 1.807) is 24.3 Å². The Bertz CT molecular complexity index is 3440. The lowest BCUT2D eigenvalue weighted by atomic mass is 9.73. The molecule has 6 heteroatoms. The SMILES string of the molecule is C.C.CC1(C)c2ccccc2N(c2ccc(-c3ccccc3)cc2)c2ccc(-c3ccccc3)cc21.CC1(C)c2ccccc2N(c2ccc(-c3ccccc3)cc2)c2ccc(Cl)cc21.OB(O)c1ccccc1. The van der Waals surface area contributed by atoms with Gasteiger partial charge in [0.2, 0.25) is 0 Å². The van der Waals surface area contributed by atoms with Crippen LogP contribution in [0.1, 0.15) is 64.8 Å². The van der Waals surface area contributed by atoms with Crippen LogP contribution in [0, 0.1) is 0 Å². The Kier molecular flexibility index (Phi) is 15.9. The van der Waals surface area contributed by atoms with Crippen LogP contribution in [0.15, 0.2) is 255 Å². The van der Waals surface area contributed by atoms with Crippen LogP contribution in [0.2, 0.25) is 5.02 Å². The summed E-state index contributed by atoms with van der Waals surface area (Å²) >= 11 is 6.39. The van der Waals surface area contributed by atoms with Gasteiger partial charge in [0, 0.05) is 27.2 Å². The summed E-state index contributed by atoms with van der Waals surface area (Å²) in [5.41, 5.74) is 20.2. The Hall–Kier alpha value is -7.93. The summed E-state index contributed by atoms with van der Waals surface area (Å²) in [7, 11) is -1.34. The molecule has 0 radical (unpaired) electrons. The van der Waals surface area contributed by atoms with Crippen molar-refractivity contribution in [2.75, 3.05) is 9.80 Å². The monoisotopic (exact) mass is 986 g/mol. The molecule has 0 saturated heterocycles. The third-order valence-electron chi connectivity index (χ3n) is 14.1. The van der Waals surface area contributed by atoms with Crippen molar-refractivity contribution in [3.05, 3.63) is 282 Å². The first-order valence-corrected chi connectivity index (χ1v) is 24.9. The summed E-state index contributed by atoms with van der Waals surface area (Å²) in [6, 6.07) is 88.8. The molecule has 0 spiro atoms. The number of benzene rings is 10. The van der Waals surface area contributed by atoms with E-state index in [9.17, 15) is 0 Å². The van der Waals surface area contributed by atoms with Gasteiger partial charge in [-0.15, -0.1) is 0 Å². The van der Waals surface area contributed by atoms with Gasteiger partial charge in [0.15, 0.2) is 0 Å². The second-order valence-electron chi connectivity index (χ2n) is 19.3. The highest BCUT2D eigenvalue weighted by Gasteiger charge is 2.38. The van der Waals surface area contributed by atoms with E-state index in [1.165, 1.54) is 84.1 Å². The van der Waals surface area contributed by atoms with E-state index in [1.807, 2.05) is 18.2 Å². The van der Waals surface area contributed by atoms with Crippen LogP contribution in [0.4, 0.5) is 34.1 Å². The molecule has 2 N–H and O–H groups in total. The summed E-state index contributed by atoms with van der Waals surface area (Å²) in [6.45, 7) is 9.23. The predicted octanol–water partition coefficient (Wildman–Crippen LogP) is 17.9. The number of hydrogen-bond donors (Lipinski definition) is 2. The van der Waals surface area contributed by atoms with Gasteiger partial charge in [-0.05, 0) is 128 Å². The summed E-state index contributed by atoms with van der Waals surface area (Å²) < 4.78 is 0. The largest absolute Gasteiger partial charge is 0.488 e. The summed E-state index contributed by atoms with van der Waals surface area (Å²) in [5, 5.41) is 17.9.